The van der Waals surface area contributed by atoms with Crippen LogP contribution in [0.25, 0.3) is 6.08 Å². The summed E-state index contributed by atoms with van der Waals surface area (Å²) in [6.45, 7) is 8.65. The van der Waals surface area contributed by atoms with Crippen LogP contribution in [0.15, 0.2) is 52.2 Å². The lowest BCUT2D eigenvalue weighted by Gasteiger charge is -2.37. The van der Waals surface area contributed by atoms with Crippen molar-refractivity contribution in [1.29, 1.82) is 5.41 Å². The summed E-state index contributed by atoms with van der Waals surface area (Å²) in [6, 6.07) is 9.29. The highest BCUT2D eigenvalue weighted by Gasteiger charge is 2.33. The van der Waals surface area contributed by atoms with E-state index < -0.39 is 6.04 Å². The highest BCUT2D eigenvalue weighted by Crippen LogP contribution is 2.35. The van der Waals surface area contributed by atoms with Crippen molar-refractivity contribution >= 4 is 59.0 Å². The fourth-order valence-electron chi connectivity index (χ4n) is 3.84. The Morgan fingerprint density at radius 2 is 2.06 bits per heavy atom. The molecule has 2 aliphatic rings. The van der Waals surface area contributed by atoms with Gasteiger partial charge in [0.25, 0.3) is 0 Å². The molecule has 9 heteroatoms. The quantitative estimate of drug-likeness (QED) is 0.181. The number of carbonyl (C=O) groups is 2. The van der Waals surface area contributed by atoms with Crippen molar-refractivity contribution < 1.29 is 9.59 Å². The fourth-order valence-corrected chi connectivity index (χ4v) is 6.50. The van der Waals surface area contributed by atoms with Crippen LogP contribution >= 0.6 is 34.9 Å². The Balaban J connectivity index is 1.39. The van der Waals surface area contributed by atoms with Crippen LogP contribution < -0.4 is 0 Å². The minimum atomic E-state index is -0.511. The van der Waals surface area contributed by atoms with Gasteiger partial charge in [-0.3, -0.25) is 10.2 Å². The number of rotatable bonds is 8. The molecule has 1 amide bonds. The molecule has 2 fully saturated rings. The Labute approximate surface area is 213 Å². The number of aldehydes is 1. The van der Waals surface area contributed by atoms with Crippen molar-refractivity contribution in [3.63, 3.8) is 0 Å². The number of likely N-dealkylation sites (tertiary alicyclic amines) is 1. The summed E-state index contributed by atoms with van der Waals surface area (Å²) in [5.41, 5.74) is 2.93. The van der Waals surface area contributed by atoms with Gasteiger partial charge in [0.1, 0.15) is 18.2 Å². The molecule has 6 nitrogen and oxygen atoms in total. The molecular weight excluding hydrogens is 488 g/mol. The van der Waals surface area contributed by atoms with Gasteiger partial charge in [-0.2, -0.15) is 0 Å². The van der Waals surface area contributed by atoms with Gasteiger partial charge in [-0.1, -0.05) is 48.5 Å². The van der Waals surface area contributed by atoms with E-state index in [1.165, 1.54) is 11.9 Å². The summed E-state index contributed by atoms with van der Waals surface area (Å²) >= 11 is 9.19. The maximum atomic E-state index is 13.0. The van der Waals surface area contributed by atoms with E-state index in [0.29, 0.717) is 24.0 Å². The van der Waals surface area contributed by atoms with Gasteiger partial charge in [0, 0.05) is 41.7 Å². The van der Waals surface area contributed by atoms with E-state index in [0.717, 1.165) is 51.6 Å². The molecule has 4 rings (SSSR count). The largest absolute Gasteiger partial charge is 0.356 e. The number of amidine groups is 1. The predicted molar refractivity (Wildman–Crippen MR) is 140 cm³/mol. The lowest BCUT2D eigenvalue weighted by Crippen LogP contribution is -2.54. The number of nitrogens with zero attached hydrogens (tertiary/aromatic N) is 3. The number of piperazine rings is 1. The molecule has 0 saturated carbocycles. The number of carbonyl (C=O) groups excluding carboxylic acids is 2. The van der Waals surface area contributed by atoms with Crippen LogP contribution in [0.1, 0.15) is 28.0 Å². The molecule has 3 heterocycles. The van der Waals surface area contributed by atoms with Gasteiger partial charge >= 0.3 is 0 Å². The van der Waals surface area contributed by atoms with Crippen LogP contribution in [0.3, 0.4) is 0 Å². The van der Waals surface area contributed by atoms with E-state index >= 15 is 0 Å². The second kappa shape index (κ2) is 10.9. The zero-order chi connectivity index (χ0) is 24.2. The Morgan fingerprint density at radius 1 is 1.32 bits per heavy atom. The molecular formula is C25H27ClN4O2S2. The van der Waals surface area contributed by atoms with Crippen LogP contribution in [0.4, 0.5) is 0 Å². The average Bonchev–Trinajstić information content (AvgIpc) is 3.12. The van der Waals surface area contributed by atoms with Crippen molar-refractivity contribution in [2.75, 3.05) is 26.2 Å². The monoisotopic (exact) mass is 514 g/mol. The van der Waals surface area contributed by atoms with E-state index in [9.17, 15) is 9.59 Å². The van der Waals surface area contributed by atoms with Crippen molar-refractivity contribution in [3.8, 4) is 0 Å². The Kier molecular flexibility index (Phi) is 7.93. The molecule has 1 unspecified atom stereocenters. The summed E-state index contributed by atoms with van der Waals surface area (Å²) < 4.78 is 2.99. The average molecular weight is 515 g/mol. The van der Waals surface area contributed by atoms with Crippen LogP contribution in [-0.4, -0.2) is 64.4 Å². The number of hydrogen-bond acceptors (Lipinski definition) is 6. The minimum Gasteiger partial charge on any atom is -0.356 e. The maximum absolute atomic E-state index is 13.0. The van der Waals surface area contributed by atoms with Crippen molar-refractivity contribution in [1.82, 2.24) is 14.1 Å². The summed E-state index contributed by atoms with van der Waals surface area (Å²) in [6.07, 6.45) is 5.47. The second-order valence-electron chi connectivity index (χ2n) is 8.37. The molecule has 2 aliphatic heterocycles. The topological polar surface area (TPSA) is 67.7 Å². The van der Waals surface area contributed by atoms with Crippen LogP contribution in [0.5, 0.6) is 0 Å². The molecule has 0 spiro atoms. The first-order chi connectivity index (χ1) is 16.4. The zero-order valence-corrected chi connectivity index (χ0v) is 21.4. The first kappa shape index (κ1) is 24.7. The second-order valence-corrected chi connectivity index (χ2v) is 11.3. The van der Waals surface area contributed by atoms with Crippen LogP contribution in [-0.2, 0) is 16.1 Å². The van der Waals surface area contributed by atoms with E-state index in [1.54, 1.807) is 22.3 Å². The van der Waals surface area contributed by atoms with Gasteiger partial charge in [0.15, 0.2) is 0 Å². The summed E-state index contributed by atoms with van der Waals surface area (Å²) in [4.78, 5) is 29.6. The molecule has 1 aromatic carbocycles. The number of halogens is 1. The SMILES string of the molecule is C=C/C(Cl)=C\c1sc(SN2CC(=O)N(Cc3ccc(C(=N)N4CCC4)cc3)C(C=O)C2)cc1C. The summed E-state index contributed by atoms with van der Waals surface area (Å²) in [5, 5.41) is 8.85. The van der Waals surface area contributed by atoms with E-state index in [2.05, 4.69) is 12.6 Å². The van der Waals surface area contributed by atoms with E-state index in [1.807, 2.05) is 46.5 Å². The predicted octanol–water partition coefficient (Wildman–Crippen LogP) is 4.77. The lowest BCUT2D eigenvalue weighted by molar-refractivity contribution is -0.141. The third-order valence-corrected chi connectivity index (χ3v) is 8.50. The highest BCUT2D eigenvalue weighted by molar-refractivity contribution is 7.99. The number of benzene rings is 1. The zero-order valence-electron chi connectivity index (χ0n) is 19.0. The number of thiophene rings is 1. The number of hydrogen-bond donors (Lipinski definition) is 1. The van der Waals surface area contributed by atoms with Gasteiger partial charge in [-0.25, -0.2) is 4.31 Å². The molecule has 178 valence electrons. The van der Waals surface area contributed by atoms with E-state index in [-0.39, 0.29) is 12.5 Å². The first-order valence-electron chi connectivity index (χ1n) is 11.1. The molecule has 2 saturated heterocycles. The van der Waals surface area contributed by atoms with Crippen molar-refractivity contribution in [2.24, 2.45) is 0 Å². The molecule has 1 atom stereocenters. The molecule has 0 radical (unpaired) electrons. The van der Waals surface area contributed by atoms with Crippen LogP contribution in [0, 0.1) is 12.3 Å². The lowest BCUT2D eigenvalue weighted by atomic mass is 10.1. The van der Waals surface area contributed by atoms with Crippen molar-refractivity contribution in [2.45, 2.75) is 30.1 Å². The molecule has 1 N–H and O–H groups in total. The van der Waals surface area contributed by atoms with Crippen molar-refractivity contribution in [3.05, 3.63) is 69.6 Å². The third kappa shape index (κ3) is 5.63. The van der Waals surface area contributed by atoms with Gasteiger partial charge < -0.3 is 14.6 Å². The molecule has 1 aromatic heterocycles. The number of allylic oxidation sites excluding steroid dienone is 2. The summed E-state index contributed by atoms with van der Waals surface area (Å²) in [7, 11) is 0. The Morgan fingerprint density at radius 3 is 2.68 bits per heavy atom. The summed E-state index contributed by atoms with van der Waals surface area (Å²) in [5.74, 6) is 0.468. The Bertz CT molecular complexity index is 1120. The number of amides is 1. The van der Waals surface area contributed by atoms with Gasteiger partial charge in [-0.15, -0.1) is 11.3 Å². The fraction of sp³-hybridized carbons (Fsp3) is 0.320. The number of aryl methyl sites for hydroxylation is 1. The minimum absolute atomic E-state index is 0.0728. The molecule has 34 heavy (non-hydrogen) atoms. The Hall–Kier alpha value is -2.39. The first-order valence-corrected chi connectivity index (χ1v) is 13.0. The van der Waals surface area contributed by atoms with Crippen LogP contribution in [0.2, 0.25) is 0 Å². The third-order valence-electron chi connectivity index (χ3n) is 5.95. The van der Waals surface area contributed by atoms with Gasteiger partial charge in [-0.05, 0) is 48.6 Å². The maximum Gasteiger partial charge on any atom is 0.238 e. The molecule has 0 aliphatic carbocycles. The highest BCUT2D eigenvalue weighted by atomic mass is 35.5. The molecule has 0 bridgehead atoms. The standard InChI is InChI=1S/C25H27ClN4O2S2/c1-3-20(26)12-22-17(2)11-24(33-22)34-29-14-21(16-31)30(23(32)15-29)13-18-5-7-19(8-6-18)25(27)28-9-4-10-28/h3,5-8,11-12,16,21,27H,1,4,9-10,13-15H2,2H3/b20-12+,27-25?. The smallest absolute Gasteiger partial charge is 0.238 e. The normalized spacial score (nSPS) is 19.2. The van der Waals surface area contributed by atoms with Gasteiger partial charge in [0.2, 0.25) is 5.91 Å². The van der Waals surface area contributed by atoms with Gasteiger partial charge in [0.05, 0.1) is 10.8 Å². The number of nitrogens with one attached hydrogen (secondary N) is 1. The van der Waals surface area contributed by atoms with E-state index in [4.69, 9.17) is 17.0 Å². The molecule has 2 aromatic rings.